The summed E-state index contributed by atoms with van der Waals surface area (Å²) in [7, 11) is 4.31. The van der Waals surface area contributed by atoms with Crippen LogP contribution < -0.4 is 0 Å². The molecule has 0 saturated carbocycles. The molecule has 0 aromatic heterocycles. The molecule has 2 rings (SSSR count). The second-order valence-electron chi connectivity index (χ2n) is 3.94. The molecule has 2 saturated heterocycles. The summed E-state index contributed by atoms with van der Waals surface area (Å²) < 4.78 is 5.76. The van der Waals surface area contributed by atoms with Crippen LogP contribution in [0.25, 0.3) is 0 Å². The first-order valence-electron chi connectivity index (χ1n) is 4.21. The quantitative estimate of drug-likeness (QED) is 0.476. The van der Waals surface area contributed by atoms with E-state index in [1.165, 1.54) is 0 Å². The molecule has 0 aromatic carbocycles. The molecular weight excluding hydrogens is 140 g/mol. The van der Waals surface area contributed by atoms with E-state index in [4.69, 9.17) is 4.74 Å². The zero-order chi connectivity index (χ0) is 7.90. The van der Waals surface area contributed by atoms with Gasteiger partial charge in [0.05, 0.1) is 6.61 Å². The van der Waals surface area contributed by atoms with Crippen molar-refractivity contribution in [2.45, 2.75) is 5.60 Å². The number of likely N-dealkylation sites (tertiary alicyclic amines) is 1. The number of hydrogen-bond donors (Lipinski definition) is 0. The van der Waals surface area contributed by atoms with Gasteiger partial charge in [0.25, 0.3) is 0 Å². The third-order valence-corrected chi connectivity index (χ3v) is 2.56. The van der Waals surface area contributed by atoms with E-state index >= 15 is 0 Å². The summed E-state index contributed by atoms with van der Waals surface area (Å²) in [6.07, 6.45) is 0. The maximum absolute atomic E-state index is 5.76. The van der Waals surface area contributed by atoms with Crippen LogP contribution in [0.2, 0.25) is 0 Å². The maximum Gasteiger partial charge on any atom is 0.106 e. The first-order valence-corrected chi connectivity index (χ1v) is 4.21. The second kappa shape index (κ2) is 2.44. The summed E-state index contributed by atoms with van der Waals surface area (Å²) in [5.74, 6) is 0. The van der Waals surface area contributed by atoms with Crippen molar-refractivity contribution in [3.63, 3.8) is 0 Å². The number of nitrogens with zero attached hydrogens (tertiary/aromatic N) is 2. The van der Waals surface area contributed by atoms with Crippen LogP contribution in [0.15, 0.2) is 0 Å². The van der Waals surface area contributed by atoms with Crippen molar-refractivity contribution < 1.29 is 4.74 Å². The minimum absolute atomic E-state index is 0.196. The van der Waals surface area contributed by atoms with Crippen molar-refractivity contribution in [1.82, 2.24) is 9.80 Å². The van der Waals surface area contributed by atoms with Crippen molar-refractivity contribution >= 4 is 0 Å². The highest BCUT2D eigenvalue weighted by molar-refractivity contribution is 4.99. The molecule has 0 aliphatic carbocycles. The molecule has 11 heavy (non-hydrogen) atoms. The summed E-state index contributed by atoms with van der Waals surface area (Å²) in [4.78, 5) is 4.66. The highest BCUT2D eigenvalue weighted by Crippen LogP contribution is 2.26. The van der Waals surface area contributed by atoms with E-state index in [2.05, 4.69) is 23.9 Å². The highest BCUT2D eigenvalue weighted by atomic mass is 16.5. The Kier molecular flexibility index (Phi) is 1.67. The van der Waals surface area contributed by atoms with E-state index in [-0.39, 0.29) is 5.60 Å². The lowest BCUT2D eigenvalue weighted by Gasteiger charge is -2.52. The third kappa shape index (κ3) is 1.28. The van der Waals surface area contributed by atoms with Crippen LogP contribution >= 0.6 is 0 Å². The standard InChI is InChI=1S/C8H16N2O/c1-9-3-4-11-8(5-9)6-10(2)7-8/h3-7H2,1-2H3. The van der Waals surface area contributed by atoms with Crippen LogP contribution in [0.5, 0.6) is 0 Å². The molecule has 0 radical (unpaired) electrons. The molecule has 0 N–H and O–H groups in total. The number of likely N-dealkylation sites (N-methyl/N-ethyl adjacent to an activating group) is 2. The Hall–Kier alpha value is -0.120. The van der Waals surface area contributed by atoms with Crippen LogP contribution in [0.4, 0.5) is 0 Å². The highest BCUT2D eigenvalue weighted by Gasteiger charge is 2.44. The van der Waals surface area contributed by atoms with Crippen molar-refractivity contribution in [2.75, 3.05) is 46.9 Å². The van der Waals surface area contributed by atoms with Gasteiger partial charge in [0.1, 0.15) is 5.60 Å². The van der Waals surface area contributed by atoms with Gasteiger partial charge < -0.3 is 14.5 Å². The molecular formula is C8H16N2O. The van der Waals surface area contributed by atoms with Crippen molar-refractivity contribution in [2.24, 2.45) is 0 Å². The van der Waals surface area contributed by atoms with Gasteiger partial charge in [0.15, 0.2) is 0 Å². The Bertz CT molecular complexity index is 149. The molecule has 0 amide bonds. The number of ether oxygens (including phenoxy) is 1. The molecule has 0 aromatic rings. The van der Waals surface area contributed by atoms with E-state index in [1.54, 1.807) is 0 Å². The van der Waals surface area contributed by atoms with E-state index in [1.807, 2.05) is 0 Å². The van der Waals surface area contributed by atoms with Crippen LogP contribution in [0.3, 0.4) is 0 Å². The summed E-state index contributed by atoms with van der Waals surface area (Å²) >= 11 is 0. The average Bonchev–Trinajstić information content (AvgIpc) is 1.84. The van der Waals surface area contributed by atoms with Crippen LogP contribution in [-0.4, -0.2) is 62.3 Å². The Morgan fingerprint density at radius 1 is 1.09 bits per heavy atom. The van der Waals surface area contributed by atoms with Crippen LogP contribution in [0.1, 0.15) is 0 Å². The summed E-state index contributed by atoms with van der Waals surface area (Å²) in [6, 6.07) is 0. The first kappa shape index (κ1) is 7.53. The van der Waals surface area contributed by atoms with E-state index in [0.29, 0.717) is 0 Å². The SMILES string of the molecule is CN1CCOC2(C1)CN(C)C2. The maximum atomic E-state index is 5.76. The number of morpholine rings is 1. The predicted octanol–water partition coefficient (Wildman–Crippen LogP) is -0.367. The first-order chi connectivity index (χ1) is 5.20. The summed E-state index contributed by atoms with van der Waals surface area (Å²) in [5, 5.41) is 0. The fraction of sp³-hybridized carbons (Fsp3) is 1.00. The van der Waals surface area contributed by atoms with Crippen LogP contribution in [-0.2, 0) is 4.74 Å². The molecule has 3 heteroatoms. The van der Waals surface area contributed by atoms with Gasteiger partial charge in [-0.1, -0.05) is 0 Å². The Morgan fingerprint density at radius 3 is 2.27 bits per heavy atom. The second-order valence-corrected chi connectivity index (χ2v) is 3.94. The summed E-state index contributed by atoms with van der Waals surface area (Å²) in [5.41, 5.74) is 0.196. The smallest absolute Gasteiger partial charge is 0.106 e. The normalized spacial score (nSPS) is 32.2. The van der Waals surface area contributed by atoms with E-state index in [9.17, 15) is 0 Å². The molecule has 64 valence electrons. The minimum atomic E-state index is 0.196. The van der Waals surface area contributed by atoms with Crippen molar-refractivity contribution in [3.05, 3.63) is 0 Å². The molecule has 2 heterocycles. The van der Waals surface area contributed by atoms with Gasteiger partial charge in [-0.15, -0.1) is 0 Å². The Balaban J connectivity index is 1.93. The lowest BCUT2D eigenvalue weighted by Crippen LogP contribution is -2.68. The van der Waals surface area contributed by atoms with Crippen LogP contribution in [0, 0.1) is 0 Å². The van der Waals surface area contributed by atoms with E-state index in [0.717, 1.165) is 32.8 Å². The topological polar surface area (TPSA) is 15.7 Å². The number of hydrogen-bond acceptors (Lipinski definition) is 3. The Labute approximate surface area is 67.9 Å². The van der Waals surface area contributed by atoms with Gasteiger partial charge in [-0.2, -0.15) is 0 Å². The molecule has 1 spiro atoms. The minimum Gasteiger partial charge on any atom is -0.370 e. The van der Waals surface area contributed by atoms with Crippen molar-refractivity contribution in [3.8, 4) is 0 Å². The van der Waals surface area contributed by atoms with Gasteiger partial charge >= 0.3 is 0 Å². The third-order valence-electron chi connectivity index (χ3n) is 2.56. The van der Waals surface area contributed by atoms with Crippen molar-refractivity contribution in [1.29, 1.82) is 0 Å². The molecule has 2 fully saturated rings. The van der Waals surface area contributed by atoms with E-state index < -0.39 is 0 Å². The lowest BCUT2D eigenvalue weighted by molar-refractivity contribution is -0.173. The average molecular weight is 156 g/mol. The lowest BCUT2D eigenvalue weighted by atomic mass is 9.93. The molecule has 0 unspecified atom stereocenters. The summed E-state index contributed by atoms with van der Waals surface area (Å²) in [6.45, 7) is 5.32. The molecule has 2 aliphatic rings. The molecule has 0 bridgehead atoms. The largest absolute Gasteiger partial charge is 0.370 e. The monoisotopic (exact) mass is 156 g/mol. The van der Waals surface area contributed by atoms with Gasteiger partial charge in [0.2, 0.25) is 0 Å². The fourth-order valence-corrected chi connectivity index (χ4v) is 2.16. The van der Waals surface area contributed by atoms with Gasteiger partial charge in [-0.05, 0) is 14.1 Å². The fourth-order valence-electron chi connectivity index (χ4n) is 2.16. The Morgan fingerprint density at radius 2 is 1.73 bits per heavy atom. The van der Waals surface area contributed by atoms with Gasteiger partial charge in [-0.3, -0.25) is 0 Å². The number of rotatable bonds is 0. The predicted molar refractivity (Wildman–Crippen MR) is 43.7 cm³/mol. The molecule has 0 atom stereocenters. The molecule has 2 aliphatic heterocycles. The molecule has 3 nitrogen and oxygen atoms in total. The zero-order valence-corrected chi connectivity index (χ0v) is 7.34. The van der Waals surface area contributed by atoms with Gasteiger partial charge in [0, 0.05) is 26.2 Å². The zero-order valence-electron chi connectivity index (χ0n) is 7.34. The van der Waals surface area contributed by atoms with Gasteiger partial charge in [-0.25, -0.2) is 0 Å².